The number of amides is 1. The van der Waals surface area contributed by atoms with Gasteiger partial charge in [0.05, 0.1) is 19.3 Å². The number of aryl methyl sites for hydroxylation is 2. The first-order valence-corrected chi connectivity index (χ1v) is 12.5. The molecule has 35 heavy (non-hydrogen) atoms. The monoisotopic (exact) mass is 491 g/mol. The van der Waals surface area contributed by atoms with Gasteiger partial charge < -0.3 is 23.8 Å². The van der Waals surface area contributed by atoms with Crippen LogP contribution in [-0.4, -0.2) is 41.3 Å². The number of hydrogen-bond donors (Lipinski definition) is 1. The number of hydrogen-bond acceptors (Lipinski definition) is 5. The first kappa shape index (κ1) is 24.6. The molecule has 0 spiro atoms. The van der Waals surface area contributed by atoms with E-state index in [0.717, 1.165) is 47.5 Å². The lowest BCUT2D eigenvalue weighted by atomic mass is 9.94. The average molecular weight is 492 g/mol. The summed E-state index contributed by atoms with van der Waals surface area (Å²) in [5.74, 6) is 0.0161. The Morgan fingerprint density at radius 1 is 1.06 bits per heavy atom. The van der Waals surface area contributed by atoms with Crippen molar-refractivity contribution in [1.29, 1.82) is 0 Å². The minimum Gasteiger partial charge on any atom is -0.497 e. The van der Waals surface area contributed by atoms with Crippen molar-refractivity contribution in [2.75, 3.05) is 20.0 Å². The Morgan fingerprint density at radius 2 is 1.86 bits per heavy atom. The molecule has 0 radical (unpaired) electrons. The number of rotatable bonds is 11. The molecule has 2 heterocycles. The van der Waals surface area contributed by atoms with Crippen LogP contribution in [0.1, 0.15) is 24.0 Å². The van der Waals surface area contributed by atoms with E-state index in [1.165, 1.54) is 12.0 Å². The van der Waals surface area contributed by atoms with Gasteiger partial charge in [-0.25, -0.2) is 0 Å². The predicted molar refractivity (Wildman–Crippen MR) is 142 cm³/mol. The van der Waals surface area contributed by atoms with Crippen LogP contribution < -0.4 is 10.5 Å². The topological polar surface area (TPSA) is 88.5 Å². The summed E-state index contributed by atoms with van der Waals surface area (Å²) in [6.07, 6.45) is 8.22. The minimum atomic E-state index is -0.651. The van der Waals surface area contributed by atoms with Crippen LogP contribution in [0.4, 0.5) is 0 Å². The van der Waals surface area contributed by atoms with Gasteiger partial charge in [0.15, 0.2) is 6.29 Å². The number of ether oxygens (including phenoxy) is 1. The molecular formula is C27H29N3O4S. The fourth-order valence-electron chi connectivity index (χ4n) is 4.54. The molecule has 4 aromatic rings. The van der Waals surface area contributed by atoms with Crippen molar-refractivity contribution < 1.29 is 18.5 Å². The van der Waals surface area contributed by atoms with Gasteiger partial charge in [-0.05, 0) is 49.1 Å². The van der Waals surface area contributed by atoms with Gasteiger partial charge in [0.25, 0.3) is 0 Å². The van der Waals surface area contributed by atoms with Gasteiger partial charge in [0, 0.05) is 70.7 Å². The molecule has 7 nitrogen and oxygen atoms in total. The molecule has 2 aromatic carbocycles. The molecule has 0 aliphatic carbocycles. The van der Waals surface area contributed by atoms with E-state index in [-0.39, 0.29) is 11.1 Å². The summed E-state index contributed by atoms with van der Waals surface area (Å²) in [5, 5.41) is 1.68. The van der Waals surface area contributed by atoms with E-state index in [1.54, 1.807) is 7.11 Å². The standard InChI is InChI=1S/C27H29N3O4S/c1-29-15-22(19-8-4-5-9-24(19)29)26(27(28)32)23(17-31)21-16-30(12-6-7-13-34-35-3)25-11-10-18(33-2)14-20(21)25/h4-5,8-11,14-17H,6-7,12-13H2,1-3H3,(H2,28,32)/b26-23+. The van der Waals surface area contributed by atoms with Gasteiger partial charge >= 0.3 is 0 Å². The van der Waals surface area contributed by atoms with Gasteiger partial charge in [0.2, 0.25) is 5.91 Å². The number of aromatic nitrogens is 2. The number of primary amides is 1. The second-order valence-corrected chi connectivity index (χ2v) is 8.83. The van der Waals surface area contributed by atoms with Gasteiger partial charge in [0.1, 0.15) is 5.75 Å². The van der Waals surface area contributed by atoms with E-state index in [1.807, 2.05) is 72.7 Å². The lowest BCUT2D eigenvalue weighted by molar-refractivity contribution is -0.113. The molecule has 2 N–H and O–H groups in total. The maximum atomic E-state index is 12.8. The largest absolute Gasteiger partial charge is 0.497 e. The lowest BCUT2D eigenvalue weighted by Crippen LogP contribution is -2.15. The number of allylic oxidation sites excluding steroid dienone is 1. The number of aldehydes is 1. The van der Waals surface area contributed by atoms with Gasteiger partial charge in [-0.3, -0.25) is 9.59 Å². The molecule has 8 heteroatoms. The normalized spacial score (nSPS) is 12.2. The van der Waals surface area contributed by atoms with Crippen molar-refractivity contribution in [3.8, 4) is 5.75 Å². The minimum absolute atomic E-state index is 0.201. The highest BCUT2D eigenvalue weighted by molar-refractivity contribution is 7.93. The van der Waals surface area contributed by atoms with E-state index in [9.17, 15) is 9.59 Å². The molecule has 4 rings (SSSR count). The van der Waals surface area contributed by atoms with E-state index in [4.69, 9.17) is 14.7 Å². The first-order chi connectivity index (χ1) is 17.0. The molecule has 0 unspecified atom stereocenters. The zero-order chi connectivity index (χ0) is 24.9. The Hall–Kier alpha value is -3.49. The van der Waals surface area contributed by atoms with Crippen LogP contribution in [-0.2, 0) is 27.4 Å². The van der Waals surface area contributed by atoms with Crippen molar-refractivity contribution in [1.82, 2.24) is 9.13 Å². The number of nitrogens with two attached hydrogens (primary N) is 1. The molecule has 0 aliphatic heterocycles. The third-order valence-corrected chi connectivity index (χ3v) is 6.58. The summed E-state index contributed by atoms with van der Waals surface area (Å²) >= 11 is 1.36. The molecule has 0 atom stereocenters. The zero-order valence-corrected chi connectivity index (χ0v) is 20.9. The van der Waals surface area contributed by atoms with Crippen LogP contribution in [0.25, 0.3) is 33.0 Å². The van der Waals surface area contributed by atoms with Crippen LogP contribution in [0, 0.1) is 0 Å². The number of benzene rings is 2. The van der Waals surface area contributed by atoms with Crippen molar-refractivity contribution >= 4 is 57.2 Å². The van der Waals surface area contributed by atoms with Crippen LogP contribution >= 0.6 is 12.0 Å². The maximum absolute atomic E-state index is 12.8. The predicted octanol–water partition coefficient (Wildman–Crippen LogP) is 4.81. The quantitative estimate of drug-likeness (QED) is 0.141. The second kappa shape index (κ2) is 10.8. The highest BCUT2D eigenvalue weighted by atomic mass is 32.2. The summed E-state index contributed by atoms with van der Waals surface area (Å²) < 4.78 is 14.9. The molecule has 182 valence electrons. The fraction of sp³-hybridized carbons (Fsp3) is 0.259. The Bertz CT molecular complexity index is 1420. The van der Waals surface area contributed by atoms with Crippen molar-refractivity contribution in [2.45, 2.75) is 19.4 Å². The zero-order valence-electron chi connectivity index (χ0n) is 20.1. The fourth-order valence-corrected chi connectivity index (χ4v) is 4.82. The molecule has 1 amide bonds. The molecule has 0 bridgehead atoms. The third-order valence-electron chi connectivity index (χ3n) is 6.17. The highest BCUT2D eigenvalue weighted by Crippen LogP contribution is 2.36. The van der Waals surface area contributed by atoms with Crippen LogP contribution in [0.3, 0.4) is 0 Å². The van der Waals surface area contributed by atoms with Crippen LogP contribution in [0.5, 0.6) is 5.75 Å². The Morgan fingerprint density at radius 3 is 2.57 bits per heavy atom. The summed E-state index contributed by atoms with van der Waals surface area (Å²) in [5.41, 5.74) is 9.55. The second-order valence-electron chi connectivity index (χ2n) is 8.26. The smallest absolute Gasteiger partial charge is 0.250 e. The lowest BCUT2D eigenvalue weighted by Gasteiger charge is -2.08. The molecular weight excluding hydrogens is 462 g/mol. The highest BCUT2D eigenvalue weighted by Gasteiger charge is 2.23. The van der Waals surface area contributed by atoms with Crippen molar-refractivity contribution in [3.63, 3.8) is 0 Å². The number of nitrogens with zero attached hydrogens (tertiary/aromatic N) is 2. The maximum Gasteiger partial charge on any atom is 0.250 e. The molecule has 0 aliphatic rings. The van der Waals surface area contributed by atoms with Gasteiger partial charge in [-0.2, -0.15) is 0 Å². The first-order valence-electron chi connectivity index (χ1n) is 11.4. The van der Waals surface area contributed by atoms with E-state index in [0.29, 0.717) is 23.5 Å². The van der Waals surface area contributed by atoms with Crippen molar-refractivity contribution in [3.05, 3.63) is 66.0 Å². The molecule has 2 aromatic heterocycles. The van der Waals surface area contributed by atoms with E-state index in [2.05, 4.69) is 4.57 Å². The summed E-state index contributed by atoms with van der Waals surface area (Å²) in [6, 6.07) is 13.5. The Kier molecular flexibility index (Phi) is 7.63. The van der Waals surface area contributed by atoms with Crippen LogP contribution in [0.15, 0.2) is 54.9 Å². The van der Waals surface area contributed by atoms with E-state index >= 15 is 0 Å². The van der Waals surface area contributed by atoms with Crippen LogP contribution in [0.2, 0.25) is 0 Å². The average Bonchev–Trinajstić information content (AvgIpc) is 3.39. The number of unbranched alkanes of at least 4 members (excludes halogenated alkanes) is 1. The van der Waals surface area contributed by atoms with E-state index < -0.39 is 5.91 Å². The number of carbonyl (C=O) groups is 2. The number of carbonyl (C=O) groups excluding carboxylic acids is 2. The summed E-state index contributed by atoms with van der Waals surface area (Å²) in [6.45, 7) is 1.42. The van der Waals surface area contributed by atoms with Crippen molar-refractivity contribution in [2.24, 2.45) is 12.8 Å². The summed E-state index contributed by atoms with van der Waals surface area (Å²) in [7, 11) is 3.51. The molecule has 0 saturated carbocycles. The molecule has 0 saturated heterocycles. The molecule has 0 fully saturated rings. The number of methoxy groups -OCH3 is 1. The third kappa shape index (κ3) is 4.85. The van der Waals surface area contributed by atoms with Gasteiger partial charge in [-0.15, -0.1) is 0 Å². The SMILES string of the molecule is COc1ccc2c(c1)c(/C(C=O)=C(/C(N)=O)c1cn(C)c3ccccc13)cn2CCCCOSC. The summed E-state index contributed by atoms with van der Waals surface area (Å²) in [4.78, 5) is 25.4. The Balaban J connectivity index is 1.91. The number of para-hydroxylation sites is 1. The number of fused-ring (bicyclic) bond motifs is 2. The Labute approximate surface area is 208 Å². The van der Waals surface area contributed by atoms with Gasteiger partial charge in [-0.1, -0.05) is 18.2 Å².